The largest absolute Gasteiger partial charge is 0.274 e. The maximum absolute atomic E-state index is 12.3. The molecule has 2 aliphatic carbocycles. The Morgan fingerprint density at radius 3 is 2.44 bits per heavy atom. The van der Waals surface area contributed by atoms with Gasteiger partial charge in [0.1, 0.15) is 0 Å². The van der Waals surface area contributed by atoms with Crippen LogP contribution in [0.5, 0.6) is 0 Å². The molecule has 2 fully saturated rings. The van der Waals surface area contributed by atoms with E-state index >= 15 is 0 Å². The van der Waals surface area contributed by atoms with Crippen LogP contribution in [0, 0.1) is 23.7 Å². The van der Waals surface area contributed by atoms with Gasteiger partial charge < -0.3 is 0 Å². The summed E-state index contributed by atoms with van der Waals surface area (Å²) >= 11 is 0. The Kier molecular flexibility index (Phi) is 1.79. The maximum Gasteiger partial charge on any atom is 0.234 e. The van der Waals surface area contributed by atoms with E-state index in [0.717, 1.165) is 6.42 Å². The van der Waals surface area contributed by atoms with E-state index in [9.17, 15) is 9.59 Å². The minimum Gasteiger partial charge on any atom is -0.274 e. The number of nitrogens with one attached hydrogen (secondary N) is 1. The molecule has 2 amide bonds. The van der Waals surface area contributed by atoms with Crippen molar-refractivity contribution in [3.05, 3.63) is 18.0 Å². The quantitative estimate of drug-likeness (QED) is 0.560. The van der Waals surface area contributed by atoms with E-state index in [1.54, 1.807) is 0 Å². The number of carbonyl (C=O) groups excluding carboxylic acids is 2. The van der Waals surface area contributed by atoms with Gasteiger partial charge in [0.05, 0.1) is 18.4 Å². The molecule has 1 aromatic rings. The number of imide groups is 1. The number of H-pyrrole nitrogens is 1. The summed E-state index contributed by atoms with van der Waals surface area (Å²) in [6.07, 6.45) is 5.10. The molecule has 4 unspecified atom stereocenters. The average molecular weight is 245 g/mol. The Labute approximate surface area is 102 Å². The molecule has 7 heteroatoms. The van der Waals surface area contributed by atoms with Gasteiger partial charge in [0.25, 0.3) is 0 Å². The fourth-order valence-corrected chi connectivity index (χ4v) is 3.51. The number of likely N-dealkylation sites (tertiary alicyclic amines) is 1. The Morgan fingerprint density at radius 2 is 1.89 bits per heavy atom. The number of aromatic nitrogens is 4. The van der Waals surface area contributed by atoms with Gasteiger partial charge in [-0.2, -0.15) is 5.21 Å². The molecule has 0 spiro atoms. The number of allylic oxidation sites excluding steroid dienone is 2. The van der Waals surface area contributed by atoms with Crippen LogP contribution >= 0.6 is 0 Å². The van der Waals surface area contributed by atoms with Crippen molar-refractivity contribution >= 4 is 11.8 Å². The number of amides is 2. The van der Waals surface area contributed by atoms with Crippen LogP contribution in [0.3, 0.4) is 0 Å². The second-order valence-corrected chi connectivity index (χ2v) is 5.09. The highest BCUT2D eigenvalue weighted by Crippen LogP contribution is 2.52. The molecule has 1 N–H and O–H groups in total. The van der Waals surface area contributed by atoms with E-state index in [0.29, 0.717) is 5.82 Å². The smallest absolute Gasteiger partial charge is 0.234 e. The molecule has 2 heterocycles. The highest BCUT2D eigenvalue weighted by molar-refractivity contribution is 6.06. The lowest BCUT2D eigenvalue weighted by Gasteiger charge is -2.14. The molecule has 2 bridgehead atoms. The van der Waals surface area contributed by atoms with Crippen molar-refractivity contribution in [3.8, 4) is 0 Å². The molecular formula is C11H11N5O2. The van der Waals surface area contributed by atoms with Gasteiger partial charge in [-0.3, -0.25) is 14.5 Å². The lowest BCUT2D eigenvalue weighted by Crippen LogP contribution is -2.32. The third-order valence-electron chi connectivity index (χ3n) is 4.25. The van der Waals surface area contributed by atoms with Crippen molar-refractivity contribution in [3.63, 3.8) is 0 Å². The molecule has 92 valence electrons. The third kappa shape index (κ3) is 1.11. The van der Waals surface area contributed by atoms with Gasteiger partial charge in [0, 0.05) is 0 Å². The molecule has 1 aliphatic heterocycles. The number of tetrazole rings is 1. The molecule has 0 aromatic carbocycles. The van der Waals surface area contributed by atoms with Gasteiger partial charge >= 0.3 is 0 Å². The van der Waals surface area contributed by atoms with Crippen LogP contribution in [0.15, 0.2) is 12.2 Å². The summed E-state index contributed by atoms with van der Waals surface area (Å²) in [5.74, 6) is 0.396. The van der Waals surface area contributed by atoms with Crippen LogP contribution in [0.2, 0.25) is 0 Å². The number of carbonyl (C=O) groups is 2. The maximum atomic E-state index is 12.3. The van der Waals surface area contributed by atoms with Crippen molar-refractivity contribution in [2.75, 3.05) is 0 Å². The Balaban J connectivity index is 1.64. The van der Waals surface area contributed by atoms with Gasteiger partial charge in [-0.15, -0.1) is 10.2 Å². The SMILES string of the molecule is O=C1C2C3C=CC(C3)C2C(=O)N1Cc1nn[nH]n1. The molecular weight excluding hydrogens is 234 g/mol. The fourth-order valence-electron chi connectivity index (χ4n) is 3.51. The first-order chi connectivity index (χ1) is 8.75. The third-order valence-corrected chi connectivity index (χ3v) is 4.25. The number of aromatic amines is 1. The van der Waals surface area contributed by atoms with E-state index in [2.05, 4.69) is 32.8 Å². The van der Waals surface area contributed by atoms with Gasteiger partial charge in [-0.1, -0.05) is 17.4 Å². The van der Waals surface area contributed by atoms with Crippen molar-refractivity contribution in [1.82, 2.24) is 25.5 Å². The van der Waals surface area contributed by atoms with Crippen molar-refractivity contribution < 1.29 is 9.59 Å². The second kappa shape index (κ2) is 3.24. The predicted molar refractivity (Wildman–Crippen MR) is 57.5 cm³/mol. The first-order valence-electron chi connectivity index (χ1n) is 6.01. The monoisotopic (exact) mass is 245 g/mol. The standard InChI is InChI=1S/C11H11N5O2/c17-10-8-5-1-2-6(3-5)9(8)11(18)16(10)4-7-12-14-15-13-7/h1-2,5-6,8-9H,3-4H2,(H,12,13,14,15). The topological polar surface area (TPSA) is 91.8 Å². The molecule has 1 saturated heterocycles. The van der Waals surface area contributed by atoms with Crippen LogP contribution in [-0.4, -0.2) is 37.3 Å². The molecule has 3 aliphatic rings. The fraction of sp³-hybridized carbons (Fsp3) is 0.545. The van der Waals surface area contributed by atoms with E-state index in [4.69, 9.17) is 0 Å². The van der Waals surface area contributed by atoms with Crippen LogP contribution < -0.4 is 0 Å². The Morgan fingerprint density at radius 1 is 1.22 bits per heavy atom. The summed E-state index contributed by atoms with van der Waals surface area (Å²) in [4.78, 5) is 25.9. The van der Waals surface area contributed by atoms with Crippen LogP contribution in [0.1, 0.15) is 12.2 Å². The minimum absolute atomic E-state index is 0.0772. The highest BCUT2D eigenvalue weighted by atomic mass is 16.2. The summed E-state index contributed by atoms with van der Waals surface area (Å²) in [5, 5.41) is 13.3. The number of hydrogen-bond acceptors (Lipinski definition) is 5. The van der Waals surface area contributed by atoms with E-state index in [1.807, 2.05) is 0 Å². The van der Waals surface area contributed by atoms with Crippen LogP contribution in [0.4, 0.5) is 0 Å². The summed E-state index contributed by atoms with van der Waals surface area (Å²) < 4.78 is 0. The highest BCUT2D eigenvalue weighted by Gasteiger charge is 2.59. The number of nitrogens with zero attached hydrogens (tertiary/aromatic N) is 4. The molecule has 0 radical (unpaired) electrons. The zero-order valence-corrected chi connectivity index (χ0v) is 9.48. The number of fused-ring (bicyclic) bond motifs is 5. The first kappa shape index (κ1) is 9.93. The molecule has 1 saturated carbocycles. The number of rotatable bonds is 2. The van der Waals surface area contributed by atoms with Crippen molar-refractivity contribution in [2.24, 2.45) is 23.7 Å². The normalized spacial score (nSPS) is 36.8. The van der Waals surface area contributed by atoms with Crippen LogP contribution in [0.25, 0.3) is 0 Å². The molecule has 1 aromatic heterocycles. The Bertz CT molecular complexity index is 522. The summed E-state index contributed by atoms with van der Waals surface area (Å²) in [5.41, 5.74) is 0. The zero-order valence-electron chi connectivity index (χ0n) is 9.48. The molecule has 7 nitrogen and oxygen atoms in total. The summed E-state index contributed by atoms with van der Waals surface area (Å²) in [7, 11) is 0. The van der Waals surface area contributed by atoms with Gasteiger partial charge in [0.15, 0.2) is 5.82 Å². The van der Waals surface area contributed by atoms with E-state index in [-0.39, 0.29) is 42.0 Å². The van der Waals surface area contributed by atoms with Gasteiger partial charge in [-0.25, -0.2) is 0 Å². The lowest BCUT2D eigenvalue weighted by atomic mass is 9.85. The van der Waals surface area contributed by atoms with Gasteiger partial charge in [0.2, 0.25) is 11.8 Å². The Hall–Kier alpha value is -2.05. The van der Waals surface area contributed by atoms with Crippen molar-refractivity contribution in [1.29, 1.82) is 0 Å². The lowest BCUT2D eigenvalue weighted by molar-refractivity contribution is -0.141. The van der Waals surface area contributed by atoms with Crippen molar-refractivity contribution in [2.45, 2.75) is 13.0 Å². The van der Waals surface area contributed by atoms with E-state index < -0.39 is 0 Å². The second-order valence-electron chi connectivity index (χ2n) is 5.09. The molecule has 4 atom stereocenters. The first-order valence-corrected chi connectivity index (χ1v) is 6.01. The summed E-state index contributed by atoms with van der Waals surface area (Å²) in [6.45, 7) is 0.126. The zero-order chi connectivity index (χ0) is 12.3. The molecule has 18 heavy (non-hydrogen) atoms. The molecule has 4 rings (SSSR count). The summed E-state index contributed by atoms with van der Waals surface area (Å²) in [6, 6.07) is 0. The van der Waals surface area contributed by atoms with Crippen LogP contribution in [-0.2, 0) is 16.1 Å². The predicted octanol–water partition coefficient (Wildman–Crippen LogP) is -0.493. The van der Waals surface area contributed by atoms with E-state index in [1.165, 1.54) is 4.90 Å². The average Bonchev–Trinajstić information content (AvgIpc) is 3.10. The minimum atomic E-state index is -0.153. The van der Waals surface area contributed by atoms with Gasteiger partial charge in [-0.05, 0) is 18.3 Å². The number of hydrogen-bond donors (Lipinski definition) is 1.